The highest BCUT2D eigenvalue weighted by molar-refractivity contribution is 5.78. The molecule has 0 spiro atoms. The molecule has 1 aliphatic rings. The van der Waals surface area contributed by atoms with Crippen molar-refractivity contribution in [3.05, 3.63) is 23.8 Å². The first-order chi connectivity index (χ1) is 11.5. The van der Waals surface area contributed by atoms with Crippen LogP contribution >= 0.6 is 0 Å². The number of methoxy groups -OCH3 is 2. The third kappa shape index (κ3) is 4.63. The van der Waals surface area contributed by atoms with Gasteiger partial charge in [-0.05, 0) is 37.3 Å². The Hall–Kier alpha value is -2.24. The molecule has 1 fully saturated rings. The largest absolute Gasteiger partial charge is 0.497 e. The number of carboxylic acid groups (broad SMARTS) is 1. The minimum atomic E-state index is -0.810. The number of ether oxygens (including phenoxy) is 2. The van der Waals surface area contributed by atoms with Gasteiger partial charge in [0.05, 0.1) is 20.1 Å². The van der Waals surface area contributed by atoms with Crippen molar-refractivity contribution in [1.82, 2.24) is 4.90 Å². The molecule has 2 rings (SSSR count). The summed E-state index contributed by atoms with van der Waals surface area (Å²) in [5.74, 6) is 0.290. The third-order valence-electron chi connectivity index (χ3n) is 4.45. The SMILES string of the molecule is COc1ccc(CCCC(=O)N2CCC[C@H](C(=O)O)C2)c(OC)c1. The molecule has 1 aliphatic heterocycles. The van der Waals surface area contributed by atoms with E-state index in [0.717, 1.165) is 29.9 Å². The van der Waals surface area contributed by atoms with Gasteiger partial charge in [0.1, 0.15) is 11.5 Å². The van der Waals surface area contributed by atoms with Crippen LogP contribution in [0.4, 0.5) is 0 Å². The number of nitrogens with zero attached hydrogens (tertiary/aromatic N) is 1. The van der Waals surface area contributed by atoms with Crippen molar-refractivity contribution < 1.29 is 24.2 Å². The molecule has 1 heterocycles. The Kier molecular flexibility index (Phi) is 6.46. The first-order valence-electron chi connectivity index (χ1n) is 8.26. The van der Waals surface area contributed by atoms with Crippen LogP contribution in [0.1, 0.15) is 31.2 Å². The summed E-state index contributed by atoms with van der Waals surface area (Å²) in [5, 5.41) is 9.10. The molecule has 1 amide bonds. The second-order valence-corrected chi connectivity index (χ2v) is 6.05. The maximum absolute atomic E-state index is 12.3. The zero-order chi connectivity index (χ0) is 17.5. The summed E-state index contributed by atoms with van der Waals surface area (Å²) in [6, 6.07) is 5.66. The molecule has 0 bridgehead atoms. The van der Waals surface area contributed by atoms with Gasteiger partial charge in [-0.15, -0.1) is 0 Å². The molecule has 1 N–H and O–H groups in total. The zero-order valence-corrected chi connectivity index (χ0v) is 14.3. The number of benzene rings is 1. The van der Waals surface area contributed by atoms with Crippen LogP contribution in [0.2, 0.25) is 0 Å². The lowest BCUT2D eigenvalue weighted by molar-refractivity contribution is -0.145. The number of carbonyl (C=O) groups is 2. The molecule has 1 aromatic carbocycles. The summed E-state index contributed by atoms with van der Waals surface area (Å²) in [5.41, 5.74) is 1.04. The van der Waals surface area contributed by atoms with Gasteiger partial charge in [-0.2, -0.15) is 0 Å². The summed E-state index contributed by atoms with van der Waals surface area (Å²) in [6.45, 7) is 0.995. The standard InChI is InChI=1S/C18H25NO5/c1-23-15-9-8-13(16(11-15)24-2)5-3-7-17(20)19-10-4-6-14(12-19)18(21)22/h8-9,11,14H,3-7,10,12H2,1-2H3,(H,21,22)/t14-/m0/s1. The highest BCUT2D eigenvalue weighted by atomic mass is 16.5. The van der Waals surface area contributed by atoms with Gasteiger partial charge in [0.15, 0.2) is 0 Å². The van der Waals surface area contributed by atoms with E-state index in [4.69, 9.17) is 14.6 Å². The summed E-state index contributed by atoms with van der Waals surface area (Å²) >= 11 is 0. The molecular formula is C18H25NO5. The van der Waals surface area contributed by atoms with Crippen LogP contribution in [0.3, 0.4) is 0 Å². The van der Waals surface area contributed by atoms with Gasteiger partial charge in [-0.25, -0.2) is 0 Å². The number of amides is 1. The van der Waals surface area contributed by atoms with Gasteiger partial charge in [0.2, 0.25) is 5.91 Å². The number of rotatable bonds is 7. The second-order valence-electron chi connectivity index (χ2n) is 6.05. The van der Waals surface area contributed by atoms with Crippen LogP contribution in [0.25, 0.3) is 0 Å². The van der Waals surface area contributed by atoms with Crippen LogP contribution in [0.5, 0.6) is 11.5 Å². The molecule has 0 radical (unpaired) electrons. The normalized spacial score (nSPS) is 17.4. The second kappa shape index (κ2) is 8.57. The van der Waals surface area contributed by atoms with E-state index in [0.29, 0.717) is 32.4 Å². The van der Waals surface area contributed by atoms with E-state index in [1.54, 1.807) is 19.1 Å². The molecule has 1 saturated heterocycles. The smallest absolute Gasteiger partial charge is 0.308 e. The van der Waals surface area contributed by atoms with Gasteiger partial charge in [0, 0.05) is 25.6 Å². The highest BCUT2D eigenvalue weighted by Crippen LogP contribution is 2.26. The topological polar surface area (TPSA) is 76.1 Å². The van der Waals surface area contributed by atoms with E-state index in [1.165, 1.54) is 0 Å². The number of aryl methyl sites for hydroxylation is 1. The predicted octanol–water partition coefficient (Wildman–Crippen LogP) is 2.35. The summed E-state index contributed by atoms with van der Waals surface area (Å²) < 4.78 is 10.5. The zero-order valence-electron chi connectivity index (χ0n) is 14.3. The number of carbonyl (C=O) groups excluding carboxylic acids is 1. The molecule has 6 heteroatoms. The number of hydrogen-bond acceptors (Lipinski definition) is 4. The third-order valence-corrected chi connectivity index (χ3v) is 4.45. The molecular weight excluding hydrogens is 310 g/mol. The summed E-state index contributed by atoms with van der Waals surface area (Å²) in [6.07, 6.45) is 3.27. The Labute approximate surface area is 142 Å². The Morgan fingerprint density at radius 3 is 2.75 bits per heavy atom. The van der Waals surface area contributed by atoms with Gasteiger partial charge in [0.25, 0.3) is 0 Å². The molecule has 24 heavy (non-hydrogen) atoms. The first kappa shape index (κ1) is 18.1. The number of aliphatic carboxylic acids is 1. The lowest BCUT2D eigenvalue weighted by Crippen LogP contribution is -2.42. The molecule has 6 nitrogen and oxygen atoms in total. The van der Waals surface area contributed by atoms with Crippen molar-refractivity contribution in [2.75, 3.05) is 27.3 Å². The Bertz CT molecular complexity index is 587. The Morgan fingerprint density at radius 2 is 2.08 bits per heavy atom. The van der Waals surface area contributed by atoms with Crippen molar-refractivity contribution in [1.29, 1.82) is 0 Å². The molecule has 0 aromatic heterocycles. The number of carboxylic acids is 1. The first-order valence-corrected chi connectivity index (χ1v) is 8.26. The van der Waals surface area contributed by atoms with Crippen molar-refractivity contribution in [3.8, 4) is 11.5 Å². The Morgan fingerprint density at radius 1 is 1.29 bits per heavy atom. The van der Waals surface area contributed by atoms with Crippen molar-refractivity contribution >= 4 is 11.9 Å². The minimum absolute atomic E-state index is 0.0356. The lowest BCUT2D eigenvalue weighted by atomic mass is 9.97. The molecule has 1 aromatic rings. The van der Waals surface area contributed by atoms with E-state index >= 15 is 0 Å². The molecule has 132 valence electrons. The molecule has 1 atom stereocenters. The highest BCUT2D eigenvalue weighted by Gasteiger charge is 2.27. The van der Waals surface area contributed by atoms with Crippen LogP contribution in [-0.2, 0) is 16.0 Å². The van der Waals surface area contributed by atoms with Crippen LogP contribution < -0.4 is 9.47 Å². The maximum Gasteiger partial charge on any atom is 0.308 e. The molecule has 0 unspecified atom stereocenters. The van der Waals surface area contributed by atoms with Gasteiger partial charge in [-0.3, -0.25) is 9.59 Å². The van der Waals surface area contributed by atoms with E-state index in [-0.39, 0.29) is 5.91 Å². The lowest BCUT2D eigenvalue weighted by Gasteiger charge is -2.30. The van der Waals surface area contributed by atoms with Gasteiger partial charge < -0.3 is 19.5 Å². The van der Waals surface area contributed by atoms with Crippen LogP contribution in [-0.4, -0.2) is 49.2 Å². The average molecular weight is 335 g/mol. The number of likely N-dealkylation sites (tertiary alicyclic amines) is 1. The van der Waals surface area contributed by atoms with E-state index in [2.05, 4.69) is 0 Å². The fourth-order valence-corrected chi connectivity index (χ4v) is 3.05. The quantitative estimate of drug-likeness (QED) is 0.828. The molecule has 0 saturated carbocycles. The minimum Gasteiger partial charge on any atom is -0.497 e. The van der Waals surface area contributed by atoms with Crippen LogP contribution in [0, 0.1) is 5.92 Å². The number of piperidine rings is 1. The van der Waals surface area contributed by atoms with Crippen molar-refractivity contribution in [2.45, 2.75) is 32.1 Å². The predicted molar refractivity (Wildman–Crippen MR) is 89.4 cm³/mol. The summed E-state index contributed by atoms with van der Waals surface area (Å²) in [7, 11) is 3.22. The van der Waals surface area contributed by atoms with E-state index in [9.17, 15) is 9.59 Å². The monoisotopic (exact) mass is 335 g/mol. The van der Waals surface area contributed by atoms with Gasteiger partial charge in [-0.1, -0.05) is 6.07 Å². The van der Waals surface area contributed by atoms with Crippen LogP contribution in [0.15, 0.2) is 18.2 Å². The van der Waals surface area contributed by atoms with E-state index in [1.807, 2.05) is 18.2 Å². The van der Waals surface area contributed by atoms with E-state index < -0.39 is 11.9 Å². The Balaban J connectivity index is 1.85. The molecule has 0 aliphatic carbocycles. The average Bonchev–Trinajstić information content (AvgIpc) is 2.61. The van der Waals surface area contributed by atoms with Crippen molar-refractivity contribution in [3.63, 3.8) is 0 Å². The fraction of sp³-hybridized carbons (Fsp3) is 0.556. The number of hydrogen-bond donors (Lipinski definition) is 1. The fourth-order valence-electron chi connectivity index (χ4n) is 3.05. The van der Waals surface area contributed by atoms with Crippen molar-refractivity contribution in [2.24, 2.45) is 5.92 Å². The van der Waals surface area contributed by atoms with Gasteiger partial charge >= 0.3 is 5.97 Å². The summed E-state index contributed by atoms with van der Waals surface area (Å²) in [4.78, 5) is 25.1. The maximum atomic E-state index is 12.3.